The molecule has 0 bridgehead atoms. The number of hydrogen-bond donors (Lipinski definition) is 6. The Balaban J connectivity index is 1.67. The molecule has 6 nitrogen and oxygen atoms in total. The van der Waals surface area contributed by atoms with Crippen LogP contribution in [0.3, 0.4) is 0 Å². The van der Waals surface area contributed by atoms with Gasteiger partial charge in [-0.1, -0.05) is 24.3 Å². The van der Waals surface area contributed by atoms with E-state index < -0.39 is 6.23 Å². The molecule has 0 aromatic heterocycles. The smallest absolute Gasteiger partial charge is 0.127 e. The highest BCUT2D eigenvalue weighted by atomic mass is 16.3. The zero-order chi connectivity index (χ0) is 20.6. The minimum atomic E-state index is -0.677. The standard InChI is InChI=1S/C23H36N4O2/c24-17-6-10-19(11-7-17)26-21(15-28)14-22(16-4-2-1-3-5-16)23(29)27-20-12-8-18(25)9-13-20/h1-2,6,8,10,12-13,16,18,21-23,26-29H,3-5,7,9,11,14-15,24-25H2. The second kappa shape index (κ2) is 10.7. The average molecular weight is 401 g/mol. The summed E-state index contributed by atoms with van der Waals surface area (Å²) < 4.78 is 0. The number of nitrogens with two attached hydrogens (primary N) is 2. The third-order valence-electron chi connectivity index (χ3n) is 6.12. The zero-order valence-corrected chi connectivity index (χ0v) is 17.1. The van der Waals surface area contributed by atoms with Crippen molar-refractivity contribution in [2.75, 3.05) is 6.61 Å². The normalized spacial score (nSPS) is 27.3. The van der Waals surface area contributed by atoms with Crippen molar-refractivity contribution in [3.63, 3.8) is 0 Å². The summed E-state index contributed by atoms with van der Waals surface area (Å²) in [6.45, 7) is 0.0275. The lowest BCUT2D eigenvalue weighted by molar-refractivity contribution is 0.0345. The molecule has 0 radical (unpaired) electrons. The molecule has 5 atom stereocenters. The first kappa shape index (κ1) is 21.7. The molecule has 3 aliphatic rings. The molecule has 0 saturated carbocycles. The third kappa shape index (κ3) is 6.49. The van der Waals surface area contributed by atoms with Gasteiger partial charge in [0, 0.05) is 35.1 Å². The summed E-state index contributed by atoms with van der Waals surface area (Å²) in [6.07, 6.45) is 19.8. The summed E-state index contributed by atoms with van der Waals surface area (Å²) in [5.74, 6) is 0.406. The third-order valence-corrected chi connectivity index (χ3v) is 6.12. The molecule has 8 N–H and O–H groups in total. The maximum atomic E-state index is 11.1. The van der Waals surface area contributed by atoms with E-state index in [1.165, 1.54) is 0 Å². The predicted octanol–water partition coefficient (Wildman–Crippen LogP) is 1.90. The summed E-state index contributed by atoms with van der Waals surface area (Å²) in [4.78, 5) is 0. The lowest BCUT2D eigenvalue weighted by Gasteiger charge is -2.36. The molecule has 160 valence electrons. The Morgan fingerprint density at radius 2 is 2.00 bits per heavy atom. The van der Waals surface area contributed by atoms with Gasteiger partial charge in [-0.05, 0) is 69.1 Å². The Kier molecular flexibility index (Phi) is 7.98. The largest absolute Gasteiger partial charge is 0.402 e. The molecule has 0 aromatic carbocycles. The molecule has 0 spiro atoms. The highest BCUT2D eigenvalue weighted by molar-refractivity contribution is 5.24. The molecule has 0 aromatic rings. The first-order valence-electron chi connectivity index (χ1n) is 10.8. The molecule has 0 fully saturated rings. The minimum Gasteiger partial charge on any atom is -0.402 e. The SMILES string of the molecule is NC1=CC=C(NC(CO)CC(C2CC=CCC2)C(O)NC2=CCC(N)C=C2)CC1. The number of rotatable bonds is 9. The Labute approximate surface area is 174 Å². The maximum absolute atomic E-state index is 11.1. The number of aliphatic hydroxyl groups is 2. The fourth-order valence-electron chi connectivity index (χ4n) is 4.35. The molecule has 3 aliphatic carbocycles. The number of aliphatic hydroxyl groups excluding tert-OH is 2. The lowest BCUT2D eigenvalue weighted by Crippen LogP contribution is -2.44. The van der Waals surface area contributed by atoms with Crippen LogP contribution in [0.5, 0.6) is 0 Å². The van der Waals surface area contributed by atoms with Gasteiger partial charge >= 0.3 is 0 Å². The van der Waals surface area contributed by atoms with Gasteiger partial charge in [-0.2, -0.15) is 0 Å². The first-order valence-corrected chi connectivity index (χ1v) is 10.8. The van der Waals surface area contributed by atoms with Crippen LogP contribution in [0.1, 0.15) is 44.9 Å². The van der Waals surface area contributed by atoms with Crippen LogP contribution >= 0.6 is 0 Å². The van der Waals surface area contributed by atoms with Gasteiger partial charge in [-0.15, -0.1) is 0 Å². The molecule has 0 amide bonds. The van der Waals surface area contributed by atoms with Crippen molar-refractivity contribution in [1.29, 1.82) is 0 Å². The van der Waals surface area contributed by atoms with Crippen LogP contribution < -0.4 is 22.1 Å². The van der Waals surface area contributed by atoms with E-state index >= 15 is 0 Å². The molecule has 0 saturated heterocycles. The summed E-state index contributed by atoms with van der Waals surface area (Å²) in [7, 11) is 0. The monoisotopic (exact) mass is 400 g/mol. The molecule has 5 unspecified atom stereocenters. The summed E-state index contributed by atoms with van der Waals surface area (Å²) in [6, 6.07) is -0.0579. The van der Waals surface area contributed by atoms with Gasteiger partial charge in [0.05, 0.1) is 6.61 Å². The van der Waals surface area contributed by atoms with Crippen LogP contribution in [-0.4, -0.2) is 35.1 Å². The van der Waals surface area contributed by atoms with Crippen molar-refractivity contribution in [1.82, 2.24) is 10.6 Å². The fraction of sp³-hybridized carbons (Fsp3) is 0.565. The molecular weight excluding hydrogens is 364 g/mol. The van der Waals surface area contributed by atoms with Gasteiger partial charge in [-0.25, -0.2) is 0 Å². The number of allylic oxidation sites excluding steroid dienone is 7. The number of hydrogen-bond acceptors (Lipinski definition) is 6. The predicted molar refractivity (Wildman–Crippen MR) is 117 cm³/mol. The van der Waals surface area contributed by atoms with Crippen molar-refractivity contribution in [2.24, 2.45) is 23.3 Å². The Hall–Kier alpha value is -2.02. The molecule has 3 rings (SSSR count). The van der Waals surface area contributed by atoms with E-state index in [0.29, 0.717) is 12.3 Å². The average Bonchev–Trinajstić information content (AvgIpc) is 2.74. The van der Waals surface area contributed by atoms with Crippen molar-refractivity contribution in [3.8, 4) is 0 Å². The maximum Gasteiger partial charge on any atom is 0.127 e. The Bertz CT molecular complexity index is 695. The zero-order valence-electron chi connectivity index (χ0n) is 17.1. The molecule has 0 heterocycles. The fourth-order valence-corrected chi connectivity index (χ4v) is 4.35. The quantitative estimate of drug-likeness (QED) is 0.260. The van der Waals surface area contributed by atoms with E-state index in [1.807, 2.05) is 30.4 Å². The summed E-state index contributed by atoms with van der Waals surface area (Å²) >= 11 is 0. The van der Waals surface area contributed by atoms with E-state index in [-0.39, 0.29) is 24.6 Å². The van der Waals surface area contributed by atoms with Gasteiger partial charge in [0.2, 0.25) is 0 Å². The molecular formula is C23H36N4O2. The summed E-state index contributed by atoms with van der Waals surface area (Å²) in [5, 5.41) is 27.8. The van der Waals surface area contributed by atoms with Crippen LogP contribution in [-0.2, 0) is 0 Å². The van der Waals surface area contributed by atoms with E-state index in [0.717, 1.165) is 55.6 Å². The summed E-state index contributed by atoms with van der Waals surface area (Å²) in [5.41, 5.74) is 14.6. The van der Waals surface area contributed by atoms with Crippen LogP contribution in [0.2, 0.25) is 0 Å². The highest BCUT2D eigenvalue weighted by Gasteiger charge is 2.31. The molecule has 6 heteroatoms. The van der Waals surface area contributed by atoms with E-state index in [4.69, 9.17) is 11.5 Å². The van der Waals surface area contributed by atoms with Gasteiger partial charge in [0.15, 0.2) is 0 Å². The van der Waals surface area contributed by atoms with Crippen molar-refractivity contribution >= 4 is 0 Å². The number of nitrogens with one attached hydrogen (secondary N) is 2. The first-order chi connectivity index (χ1) is 14.0. The topological polar surface area (TPSA) is 117 Å². The Morgan fingerprint density at radius 1 is 1.14 bits per heavy atom. The molecule has 29 heavy (non-hydrogen) atoms. The second-order valence-corrected chi connectivity index (χ2v) is 8.41. The van der Waals surface area contributed by atoms with Gasteiger partial charge < -0.3 is 32.3 Å². The van der Waals surface area contributed by atoms with E-state index in [2.05, 4.69) is 22.8 Å². The van der Waals surface area contributed by atoms with Gasteiger partial charge in [0.1, 0.15) is 6.23 Å². The van der Waals surface area contributed by atoms with Crippen LogP contribution in [0, 0.1) is 11.8 Å². The molecule has 0 aliphatic heterocycles. The second-order valence-electron chi connectivity index (χ2n) is 8.41. The lowest BCUT2D eigenvalue weighted by atomic mass is 9.78. The van der Waals surface area contributed by atoms with Gasteiger partial charge in [-0.3, -0.25) is 0 Å². The van der Waals surface area contributed by atoms with E-state index in [1.54, 1.807) is 0 Å². The van der Waals surface area contributed by atoms with Crippen molar-refractivity contribution in [3.05, 3.63) is 59.6 Å². The van der Waals surface area contributed by atoms with Crippen LogP contribution in [0.15, 0.2) is 59.6 Å². The van der Waals surface area contributed by atoms with Crippen LogP contribution in [0.4, 0.5) is 0 Å². The van der Waals surface area contributed by atoms with Crippen molar-refractivity contribution < 1.29 is 10.2 Å². The van der Waals surface area contributed by atoms with Crippen molar-refractivity contribution in [2.45, 2.75) is 63.3 Å². The van der Waals surface area contributed by atoms with E-state index in [9.17, 15) is 10.2 Å². The highest BCUT2D eigenvalue weighted by Crippen LogP contribution is 2.32. The Morgan fingerprint density at radius 3 is 2.62 bits per heavy atom. The van der Waals surface area contributed by atoms with Gasteiger partial charge in [0.25, 0.3) is 0 Å². The van der Waals surface area contributed by atoms with Crippen LogP contribution in [0.25, 0.3) is 0 Å². The minimum absolute atomic E-state index is 0.0271.